The number of rotatable bonds is 6. The summed E-state index contributed by atoms with van der Waals surface area (Å²) in [4.78, 5) is 12.4. The van der Waals surface area contributed by atoms with Crippen molar-refractivity contribution in [2.45, 2.75) is 51.7 Å². The van der Waals surface area contributed by atoms with Crippen molar-refractivity contribution in [3.63, 3.8) is 0 Å². The van der Waals surface area contributed by atoms with Gasteiger partial charge in [0, 0.05) is 25.1 Å². The highest BCUT2D eigenvalue weighted by molar-refractivity contribution is 5.76. The van der Waals surface area contributed by atoms with Crippen LogP contribution in [-0.4, -0.2) is 44.5 Å². The highest BCUT2D eigenvalue weighted by Crippen LogP contribution is 2.70. The number of aliphatic hydroxyl groups is 1. The van der Waals surface area contributed by atoms with Crippen LogP contribution in [0.2, 0.25) is 0 Å². The Hall–Kier alpha value is -1.79. The minimum Gasteiger partial charge on any atom is -0.497 e. The molecule has 1 spiro atoms. The minimum atomic E-state index is -0.117. The van der Waals surface area contributed by atoms with Gasteiger partial charge in [-0.05, 0) is 59.6 Å². The van der Waals surface area contributed by atoms with E-state index >= 15 is 0 Å². The lowest BCUT2D eigenvalue weighted by Crippen LogP contribution is -2.59. The van der Waals surface area contributed by atoms with Gasteiger partial charge >= 0.3 is 0 Å². The zero-order valence-electron chi connectivity index (χ0n) is 17.9. The third-order valence-electron chi connectivity index (χ3n) is 7.85. The summed E-state index contributed by atoms with van der Waals surface area (Å²) in [5.74, 6) is 2.35. The highest BCUT2D eigenvalue weighted by Gasteiger charge is 2.68. The highest BCUT2D eigenvalue weighted by atomic mass is 16.5. The van der Waals surface area contributed by atoms with E-state index in [4.69, 9.17) is 14.2 Å². The summed E-state index contributed by atoms with van der Waals surface area (Å²) in [7, 11) is 3.32. The van der Waals surface area contributed by atoms with Crippen LogP contribution in [0.4, 0.5) is 0 Å². The van der Waals surface area contributed by atoms with Gasteiger partial charge < -0.3 is 24.6 Å². The second kappa shape index (κ2) is 7.47. The molecule has 0 aromatic heterocycles. The quantitative estimate of drug-likeness (QED) is 0.763. The number of carbonyl (C=O) groups excluding carboxylic acids is 1. The Morgan fingerprint density at radius 1 is 1.24 bits per heavy atom. The van der Waals surface area contributed by atoms with Crippen molar-refractivity contribution >= 4 is 5.91 Å². The molecular weight excluding hydrogens is 370 g/mol. The van der Waals surface area contributed by atoms with Crippen LogP contribution in [0.1, 0.15) is 51.2 Å². The summed E-state index contributed by atoms with van der Waals surface area (Å²) in [5, 5.41) is 12.5. The van der Waals surface area contributed by atoms with Gasteiger partial charge in [0.15, 0.2) is 0 Å². The summed E-state index contributed by atoms with van der Waals surface area (Å²) in [6.45, 7) is 5.13. The van der Waals surface area contributed by atoms with E-state index < -0.39 is 0 Å². The zero-order valence-corrected chi connectivity index (χ0v) is 17.9. The van der Waals surface area contributed by atoms with Gasteiger partial charge in [0.1, 0.15) is 11.5 Å². The van der Waals surface area contributed by atoms with Crippen molar-refractivity contribution in [2.75, 3.05) is 27.4 Å². The molecule has 1 aliphatic heterocycles. The number of carbonyl (C=O) groups is 1. The van der Waals surface area contributed by atoms with Crippen LogP contribution < -0.4 is 14.8 Å². The van der Waals surface area contributed by atoms with E-state index in [1.54, 1.807) is 14.2 Å². The van der Waals surface area contributed by atoms with Crippen LogP contribution in [0.25, 0.3) is 0 Å². The molecule has 3 aliphatic rings. The molecule has 1 aromatic carbocycles. The largest absolute Gasteiger partial charge is 0.497 e. The van der Waals surface area contributed by atoms with Gasteiger partial charge in [0.2, 0.25) is 5.91 Å². The average molecular weight is 404 g/mol. The molecule has 2 N–H and O–H groups in total. The van der Waals surface area contributed by atoms with Crippen LogP contribution in [0, 0.1) is 22.7 Å². The van der Waals surface area contributed by atoms with Gasteiger partial charge in [-0.25, -0.2) is 0 Å². The van der Waals surface area contributed by atoms with Crippen molar-refractivity contribution in [1.82, 2.24) is 5.32 Å². The lowest BCUT2D eigenvalue weighted by molar-refractivity contribution is -0.137. The first-order valence-electron chi connectivity index (χ1n) is 10.6. The third-order valence-corrected chi connectivity index (χ3v) is 7.85. The molecule has 3 fully saturated rings. The number of methoxy groups -OCH3 is 2. The van der Waals surface area contributed by atoms with Gasteiger partial charge in [-0.1, -0.05) is 13.8 Å². The van der Waals surface area contributed by atoms with Crippen LogP contribution in [-0.2, 0) is 9.53 Å². The lowest BCUT2D eigenvalue weighted by atomic mass is 9.59. The number of benzene rings is 1. The molecule has 2 saturated carbocycles. The normalized spacial score (nSPS) is 34.5. The van der Waals surface area contributed by atoms with Crippen molar-refractivity contribution < 1.29 is 24.1 Å². The smallest absolute Gasteiger partial charge is 0.222 e. The molecule has 1 amide bonds. The summed E-state index contributed by atoms with van der Waals surface area (Å²) < 4.78 is 17.3. The molecule has 160 valence electrons. The molecule has 2 bridgehead atoms. The van der Waals surface area contributed by atoms with E-state index in [-0.39, 0.29) is 41.9 Å². The molecule has 4 rings (SSSR count). The number of fused-ring (bicyclic) bond motifs is 1. The number of hydrogen-bond acceptors (Lipinski definition) is 5. The summed E-state index contributed by atoms with van der Waals surface area (Å²) in [6, 6.07) is 6.06. The van der Waals surface area contributed by atoms with E-state index in [2.05, 4.69) is 19.2 Å². The Morgan fingerprint density at radius 3 is 2.55 bits per heavy atom. The number of ether oxygens (including phenoxy) is 3. The Morgan fingerprint density at radius 2 is 1.93 bits per heavy atom. The van der Waals surface area contributed by atoms with E-state index in [1.807, 2.05) is 18.2 Å². The predicted molar refractivity (Wildman–Crippen MR) is 109 cm³/mol. The summed E-state index contributed by atoms with van der Waals surface area (Å²) in [6.07, 6.45) is 3.30. The zero-order chi connectivity index (χ0) is 20.8. The third kappa shape index (κ3) is 3.21. The Bertz CT molecular complexity index is 756. The average Bonchev–Trinajstić information content (AvgIpc) is 3.20. The first-order valence-corrected chi connectivity index (χ1v) is 10.6. The Balaban J connectivity index is 1.68. The van der Waals surface area contributed by atoms with E-state index in [9.17, 15) is 9.90 Å². The topological polar surface area (TPSA) is 77.0 Å². The van der Waals surface area contributed by atoms with Crippen molar-refractivity contribution in [3.8, 4) is 11.5 Å². The number of nitrogens with one attached hydrogen (secondary N) is 1. The monoisotopic (exact) mass is 403 g/mol. The molecule has 2 aliphatic carbocycles. The van der Waals surface area contributed by atoms with E-state index in [1.165, 1.54) is 0 Å². The maximum Gasteiger partial charge on any atom is 0.222 e. The molecule has 5 atom stereocenters. The van der Waals surface area contributed by atoms with Crippen LogP contribution in [0.5, 0.6) is 11.5 Å². The van der Waals surface area contributed by atoms with Gasteiger partial charge in [-0.3, -0.25) is 4.79 Å². The van der Waals surface area contributed by atoms with E-state index in [0.717, 1.165) is 36.3 Å². The summed E-state index contributed by atoms with van der Waals surface area (Å²) >= 11 is 0. The van der Waals surface area contributed by atoms with Gasteiger partial charge in [-0.15, -0.1) is 0 Å². The van der Waals surface area contributed by atoms with Crippen molar-refractivity contribution in [2.24, 2.45) is 22.7 Å². The Kier molecular flexibility index (Phi) is 5.28. The fraction of sp³-hybridized carbons (Fsp3) is 0.696. The van der Waals surface area contributed by atoms with E-state index in [0.29, 0.717) is 18.4 Å². The van der Waals surface area contributed by atoms with Crippen molar-refractivity contribution in [1.29, 1.82) is 0 Å². The molecule has 1 heterocycles. The predicted octanol–water partition coefficient (Wildman–Crippen LogP) is 3.08. The van der Waals surface area contributed by atoms with Gasteiger partial charge in [0.05, 0.1) is 26.9 Å². The number of aliphatic hydroxyl groups excluding tert-OH is 1. The number of amides is 1. The molecule has 6 nitrogen and oxygen atoms in total. The first kappa shape index (κ1) is 20.5. The first-order chi connectivity index (χ1) is 13.9. The molecule has 1 aromatic rings. The second-order valence-electron chi connectivity index (χ2n) is 9.46. The molecule has 6 heteroatoms. The van der Waals surface area contributed by atoms with Crippen LogP contribution in [0.3, 0.4) is 0 Å². The molecule has 29 heavy (non-hydrogen) atoms. The fourth-order valence-electron chi connectivity index (χ4n) is 6.45. The maximum absolute atomic E-state index is 12.4. The lowest BCUT2D eigenvalue weighted by Gasteiger charge is -2.53. The molecule has 0 radical (unpaired) electrons. The van der Waals surface area contributed by atoms with Crippen molar-refractivity contribution in [3.05, 3.63) is 23.8 Å². The SMILES string of the molecule is COc1cc(OC)cc([C@H]2OCCC34C[C@@H](C[C@H]23)C(C)(C)[C@@H]4NC(=O)CCO)c1. The number of hydrogen-bond donors (Lipinski definition) is 2. The minimum absolute atomic E-state index is 0.0263. The molecular formula is C23H33NO5. The fourth-order valence-corrected chi connectivity index (χ4v) is 6.45. The van der Waals surface area contributed by atoms with Crippen LogP contribution >= 0.6 is 0 Å². The standard InChI is InChI=1S/C23H33NO5/c1-22(2)15-11-18-20(14-9-16(27-3)12-17(10-14)28-4)29-8-6-23(18,13-15)21(22)24-19(26)5-7-25/h9-10,12,15,18,20-21,25H,5-8,11,13H2,1-4H3,(H,24,26)/t15-,18-,20-,21+,23?/m1/s1. The molecule has 1 saturated heterocycles. The van der Waals surface area contributed by atoms with Crippen LogP contribution in [0.15, 0.2) is 18.2 Å². The van der Waals surface area contributed by atoms with Gasteiger partial charge in [-0.2, -0.15) is 0 Å². The molecule has 1 unspecified atom stereocenters. The van der Waals surface area contributed by atoms with Gasteiger partial charge in [0.25, 0.3) is 0 Å². The summed E-state index contributed by atoms with van der Waals surface area (Å²) in [5.41, 5.74) is 1.14. The maximum atomic E-state index is 12.4. The second-order valence-corrected chi connectivity index (χ2v) is 9.46. The Labute approximate surface area is 172 Å².